The highest BCUT2D eigenvalue weighted by Crippen LogP contribution is 2.04. The molecular weight excluding hydrogens is 204 g/mol. The van der Waals surface area contributed by atoms with Crippen LogP contribution in [0.25, 0.3) is 5.82 Å². The zero-order valence-corrected chi connectivity index (χ0v) is 8.75. The minimum Gasteiger partial charge on any atom is -0.316 e. The van der Waals surface area contributed by atoms with Crippen LogP contribution < -0.4 is 5.32 Å². The summed E-state index contributed by atoms with van der Waals surface area (Å²) in [7, 11) is 1.88. The molecule has 2 aromatic rings. The molecule has 0 aliphatic rings. The number of hydrogen-bond acceptors (Lipinski definition) is 5. The Hall–Kier alpha value is -2.26. The van der Waals surface area contributed by atoms with Crippen molar-refractivity contribution in [3.63, 3.8) is 0 Å². The molecule has 0 radical (unpaired) electrons. The molecule has 0 saturated carbocycles. The minimum atomic E-state index is 0.140. The average molecular weight is 214 g/mol. The summed E-state index contributed by atoms with van der Waals surface area (Å²) in [5.41, 5.74) is 1.09. The molecular formula is C10H10N6. The molecule has 6 heteroatoms. The molecule has 0 atom stereocenters. The molecule has 0 bridgehead atoms. The van der Waals surface area contributed by atoms with Crippen molar-refractivity contribution in [2.24, 2.45) is 0 Å². The summed E-state index contributed by atoms with van der Waals surface area (Å²) in [5.74, 6) is 0.787. The first-order valence-electron chi connectivity index (χ1n) is 4.75. The molecule has 0 aliphatic heterocycles. The van der Waals surface area contributed by atoms with Crippen molar-refractivity contribution in [1.82, 2.24) is 25.1 Å². The van der Waals surface area contributed by atoms with E-state index in [0.717, 1.165) is 12.1 Å². The van der Waals surface area contributed by atoms with Gasteiger partial charge in [0.1, 0.15) is 12.4 Å². The molecule has 0 aliphatic carbocycles. The molecule has 0 fully saturated rings. The highest BCUT2D eigenvalue weighted by molar-refractivity contribution is 5.24. The molecule has 0 saturated heterocycles. The monoisotopic (exact) mass is 214 g/mol. The van der Waals surface area contributed by atoms with E-state index in [1.54, 1.807) is 6.20 Å². The van der Waals surface area contributed by atoms with E-state index in [4.69, 9.17) is 5.26 Å². The number of hydrogen-bond donors (Lipinski definition) is 1. The molecule has 16 heavy (non-hydrogen) atoms. The Labute approximate surface area is 92.6 Å². The van der Waals surface area contributed by atoms with Gasteiger partial charge in [-0.1, -0.05) is 6.07 Å². The lowest BCUT2D eigenvalue weighted by Gasteiger charge is -2.01. The first-order chi connectivity index (χ1) is 7.83. The summed E-state index contributed by atoms with van der Waals surface area (Å²) in [6.07, 6.45) is 3.23. The highest BCUT2D eigenvalue weighted by atomic mass is 15.4. The molecule has 6 nitrogen and oxygen atoms in total. The maximum atomic E-state index is 8.59. The van der Waals surface area contributed by atoms with Crippen molar-refractivity contribution in [2.75, 3.05) is 7.05 Å². The summed E-state index contributed by atoms with van der Waals surface area (Å²) in [6, 6.07) is 5.65. The standard InChI is InChI=1S/C10H10N6/c1-12-5-8-2-3-10(13-6-8)16-7-14-9(4-11)15-16/h2-3,6-7,12H,5H2,1H3. The van der Waals surface area contributed by atoms with Crippen LogP contribution in [0.15, 0.2) is 24.7 Å². The second kappa shape index (κ2) is 4.51. The van der Waals surface area contributed by atoms with Crippen LogP contribution in [-0.4, -0.2) is 26.8 Å². The van der Waals surface area contributed by atoms with E-state index < -0.39 is 0 Å². The van der Waals surface area contributed by atoms with Gasteiger partial charge < -0.3 is 5.32 Å². The average Bonchev–Trinajstić information content (AvgIpc) is 2.79. The van der Waals surface area contributed by atoms with Gasteiger partial charge in [-0.2, -0.15) is 5.26 Å². The highest BCUT2D eigenvalue weighted by Gasteiger charge is 2.02. The van der Waals surface area contributed by atoms with E-state index in [1.165, 1.54) is 11.0 Å². The molecule has 2 heterocycles. The van der Waals surface area contributed by atoms with Gasteiger partial charge in [-0.25, -0.2) is 14.6 Å². The third kappa shape index (κ3) is 2.04. The summed E-state index contributed by atoms with van der Waals surface area (Å²) in [4.78, 5) is 8.03. The van der Waals surface area contributed by atoms with Crippen molar-refractivity contribution in [1.29, 1.82) is 5.26 Å². The van der Waals surface area contributed by atoms with E-state index in [1.807, 2.05) is 25.2 Å². The number of aromatic nitrogens is 4. The molecule has 0 aromatic carbocycles. The van der Waals surface area contributed by atoms with E-state index in [9.17, 15) is 0 Å². The van der Waals surface area contributed by atoms with Gasteiger partial charge in [-0.15, -0.1) is 5.10 Å². The van der Waals surface area contributed by atoms with Crippen LogP contribution in [0.2, 0.25) is 0 Å². The zero-order chi connectivity index (χ0) is 11.4. The summed E-state index contributed by atoms with van der Waals surface area (Å²) < 4.78 is 1.47. The van der Waals surface area contributed by atoms with Crippen LogP contribution in [0, 0.1) is 11.3 Å². The van der Waals surface area contributed by atoms with Gasteiger partial charge in [0.2, 0.25) is 0 Å². The summed E-state index contributed by atoms with van der Waals surface area (Å²) in [6.45, 7) is 0.772. The van der Waals surface area contributed by atoms with Crippen LogP contribution in [0.3, 0.4) is 0 Å². The fourth-order valence-corrected chi connectivity index (χ4v) is 1.29. The molecule has 2 rings (SSSR count). The number of rotatable bonds is 3. The van der Waals surface area contributed by atoms with Crippen molar-refractivity contribution in [2.45, 2.75) is 6.54 Å². The smallest absolute Gasteiger partial charge is 0.252 e. The molecule has 80 valence electrons. The Morgan fingerprint density at radius 1 is 1.44 bits per heavy atom. The van der Waals surface area contributed by atoms with Crippen LogP contribution in [-0.2, 0) is 6.54 Å². The van der Waals surface area contributed by atoms with Crippen molar-refractivity contribution < 1.29 is 0 Å². The fourth-order valence-electron chi connectivity index (χ4n) is 1.29. The van der Waals surface area contributed by atoms with E-state index in [-0.39, 0.29) is 5.82 Å². The van der Waals surface area contributed by atoms with Gasteiger partial charge in [0.25, 0.3) is 5.82 Å². The molecule has 1 N–H and O–H groups in total. The number of nitrogens with one attached hydrogen (secondary N) is 1. The summed E-state index contributed by atoms with van der Waals surface area (Å²) in [5, 5.41) is 15.6. The maximum absolute atomic E-state index is 8.59. The first kappa shape index (κ1) is 10.3. The number of nitriles is 1. The third-order valence-corrected chi connectivity index (χ3v) is 2.02. The van der Waals surface area contributed by atoms with Gasteiger partial charge in [0.15, 0.2) is 5.82 Å². The largest absolute Gasteiger partial charge is 0.316 e. The minimum absolute atomic E-state index is 0.140. The van der Waals surface area contributed by atoms with Crippen molar-refractivity contribution in [3.05, 3.63) is 36.0 Å². The predicted octanol–water partition coefficient (Wildman–Crippen LogP) is 0.253. The Kier molecular flexibility index (Phi) is 2.89. The number of pyridine rings is 1. The third-order valence-electron chi connectivity index (χ3n) is 2.02. The number of nitrogens with zero attached hydrogens (tertiary/aromatic N) is 5. The second-order valence-electron chi connectivity index (χ2n) is 3.18. The van der Waals surface area contributed by atoms with Crippen LogP contribution in [0.4, 0.5) is 0 Å². The normalized spacial score (nSPS) is 10.0. The quantitative estimate of drug-likeness (QED) is 0.792. The van der Waals surface area contributed by atoms with Gasteiger partial charge in [0, 0.05) is 12.7 Å². The fraction of sp³-hybridized carbons (Fsp3) is 0.200. The SMILES string of the molecule is CNCc1ccc(-n2cnc(C#N)n2)nc1. The predicted molar refractivity (Wildman–Crippen MR) is 56.6 cm³/mol. The Morgan fingerprint density at radius 3 is 2.88 bits per heavy atom. The first-order valence-corrected chi connectivity index (χ1v) is 4.75. The summed E-state index contributed by atoms with van der Waals surface area (Å²) >= 11 is 0. The second-order valence-corrected chi connectivity index (χ2v) is 3.18. The lowest BCUT2D eigenvalue weighted by atomic mass is 10.3. The van der Waals surface area contributed by atoms with E-state index >= 15 is 0 Å². The van der Waals surface area contributed by atoms with Gasteiger partial charge >= 0.3 is 0 Å². The van der Waals surface area contributed by atoms with Crippen LogP contribution >= 0.6 is 0 Å². The molecule has 2 aromatic heterocycles. The topological polar surface area (TPSA) is 79.4 Å². The van der Waals surface area contributed by atoms with Crippen LogP contribution in [0.5, 0.6) is 0 Å². The van der Waals surface area contributed by atoms with Crippen molar-refractivity contribution >= 4 is 0 Å². The van der Waals surface area contributed by atoms with E-state index in [2.05, 4.69) is 20.4 Å². The van der Waals surface area contributed by atoms with Gasteiger partial charge in [0.05, 0.1) is 0 Å². The lowest BCUT2D eigenvalue weighted by molar-refractivity contribution is 0.800. The van der Waals surface area contributed by atoms with E-state index in [0.29, 0.717) is 5.82 Å². The maximum Gasteiger partial charge on any atom is 0.252 e. The molecule has 0 spiro atoms. The van der Waals surface area contributed by atoms with Gasteiger partial charge in [-0.05, 0) is 18.7 Å². The molecule has 0 unspecified atom stereocenters. The Bertz CT molecular complexity index is 507. The van der Waals surface area contributed by atoms with Crippen molar-refractivity contribution in [3.8, 4) is 11.9 Å². The van der Waals surface area contributed by atoms with Crippen LogP contribution in [0.1, 0.15) is 11.4 Å². The Balaban J connectivity index is 2.24. The molecule has 0 amide bonds. The zero-order valence-electron chi connectivity index (χ0n) is 8.75. The van der Waals surface area contributed by atoms with Gasteiger partial charge in [-0.3, -0.25) is 0 Å². The lowest BCUT2D eigenvalue weighted by Crippen LogP contribution is -2.06. The Morgan fingerprint density at radius 2 is 2.31 bits per heavy atom.